The van der Waals surface area contributed by atoms with E-state index in [4.69, 9.17) is 11.6 Å². The maximum absolute atomic E-state index is 11.8. The molecule has 2 aliphatic rings. The van der Waals surface area contributed by atoms with Crippen molar-refractivity contribution in [3.63, 3.8) is 0 Å². The van der Waals surface area contributed by atoms with E-state index in [1.165, 1.54) is 0 Å². The second kappa shape index (κ2) is 7.51. The number of carbonyl (C=O) groups is 1. The van der Waals surface area contributed by atoms with Gasteiger partial charge in [0.2, 0.25) is 5.91 Å². The van der Waals surface area contributed by atoms with Crippen LogP contribution >= 0.6 is 23.4 Å². The highest BCUT2D eigenvalue weighted by molar-refractivity contribution is 8.14. The Morgan fingerprint density at radius 2 is 1.88 bits per heavy atom. The highest BCUT2D eigenvalue weighted by Gasteiger charge is 2.21. The predicted octanol–water partition coefficient (Wildman–Crippen LogP) is 4.20. The van der Waals surface area contributed by atoms with Gasteiger partial charge in [0, 0.05) is 29.4 Å². The van der Waals surface area contributed by atoms with Gasteiger partial charge in [-0.15, -0.1) is 0 Å². The van der Waals surface area contributed by atoms with E-state index in [1.54, 1.807) is 11.8 Å². The molecule has 7 heteroatoms. The lowest BCUT2D eigenvalue weighted by molar-refractivity contribution is -0.117. The van der Waals surface area contributed by atoms with Gasteiger partial charge in [-0.05, 0) is 48.4 Å². The van der Waals surface area contributed by atoms with Crippen molar-refractivity contribution in [2.24, 2.45) is 10.1 Å². The molecule has 0 aliphatic carbocycles. The largest absolute Gasteiger partial charge is 0.312 e. The van der Waals surface area contributed by atoms with E-state index >= 15 is 0 Å². The standard InChI is InChI=1S/C19H17ClN4OS/c20-14-5-7-15(8-6-14)21-19-23-22-17(12-26-19)13-3-9-16(10-4-13)24-11-1-2-18(24)25/h3-10H,1-2,11-12H2,(H,21,23). The number of hydrogen-bond donors (Lipinski definition) is 1. The first-order valence-electron chi connectivity index (χ1n) is 8.39. The zero-order valence-electron chi connectivity index (χ0n) is 14.0. The first-order chi connectivity index (χ1) is 12.7. The summed E-state index contributed by atoms with van der Waals surface area (Å²) < 4.78 is 0. The molecule has 26 heavy (non-hydrogen) atoms. The van der Waals surface area contributed by atoms with E-state index in [0.29, 0.717) is 11.4 Å². The molecule has 0 aromatic heterocycles. The molecule has 2 aromatic rings. The van der Waals surface area contributed by atoms with E-state index in [2.05, 4.69) is 15.5 Å². The number of thioether (sulfide) groups is 1. The number of anilines is 1. The molecule has 5 nitrogen and oxygen atoms in total. The highest BCUT2D eigenvalue weighted by atomic mass is 35.5. The Kier molecular flexibility index (Phi) is 4.95. The van der Waals surface area contributed by atoms with Gasteiger partial charge in [0.05, 0.1) is 11.4 Å². The van der Waals surface area contributed by atoms with Gasteiger partial charge in [-0.2, -0.15) is 5.10 Å². The van der Waals surface area contributed by atoms with Crippen LogP contribution in [-0.2, 0) is 4.79 Å². The summed E-state index contributed by atoms with van der Waals surface area (Å²) in [5.41, 5.74) is 6.81. The van der Waals surface area contributed by atoms with Crippen LogP contribution in [0.15, 0.2) is 58.6 Å². The first kappa shape index (κ1) is 17.1. The normalized spacial score (nSPS) is 18.8. The second-order valence-electron chi connectivity index (χ2n) is 6.05. The van der Waals surface area contributed by atoms with Gasteiger partial charge in [-0.25, -0.2) is 4.99 Å². The molecule has 1 fully saturated rings. The molecule has 1 N–H and O–H groups in total. The van der Waals surface area contributed by atoms with Crippen molar-refractivity contribution >= 4 is 51.5 Å². The van der Waals surface area contributed by atoms with E-state index in [-0.39, 0.29) is 5.91 Å². The number of amides is 1. The quantitative estimate of drug-likeness (QED) is 0.862. The Morgan fingerprint density at radius 1 is 1.12 bits per heavy atom. The zero-order chi connectivity index (χ0) is 17.9. The lowest BCUT2D eigenvalue weighted by Crippen LogP contribution is -2.25. The van der Waals surface area contributed by atoms with Gasteiger partial charge in [0.15, 0.2) is 5.17 Å². The monoisotopic (exact) mass is 384 g/mol. The van der Waals surface area contributed by atoms with E-state index in [1.807, 2.05) is 53.4 Å². The van der Waals surface area contributed by atoms with Crippen molar-refractivity contribution in [3.8, 4) is 0 Å². The molecule has 4 rings (SSSR count). The zero-order valence-corrected chi connectivity index (χ0v) is 15.6. The van der Waals surface area contributed by atoms with Gasteiger partial charge >= 0.3 is 0 Å². The number of benzene rings is 2. The summed E-state index contributed by atoms with van der Waals surface area (Å²) in [4.78, 5) is 18.2. The lowest BCUT2D eigenvalue weighted by Gasteiger charge is -2.18. The lowest BCUT2D eigenvalue weighted by atomic mass is 10.1. The number of nitrogens with one attached hydrogen (secondary N) is 1. The molecule has 0 radical (unpaired) electrons. The number of amidine groups is 1. The van der Waals surface area contributed by atoms with Crippen molar-refractivity contribution in [1.29, 1.82) is 0 Å². The third kappa shape index (κ3) is 3.76. The summed E-state index contributed by atoms with van der Waals surface area (Å²) >= 11 is 7.49. The summed E-state index contributed by atoms with van der Waals surface area (Å²) in [5, 5.41) is 5.90. The van der Waals surface area contributed by atoms with Crippen LogP contribution in [0.3, 0.4) is 0 Å². The van der Waals surface area contributed by atoms with Crippen LogP contribution in [0.1, 0.15) is 18.4 Å². The second-order valence-corrected chi connectivity index (χ2v) is 7.45. The van der Waals surface area contributed by atoms with Crippen LogP contribution in [0.25, 0.3) is 0 Å². The number of aliphatic imine (C=N–C) groups is 1. The Hall–Kier alpha value is -2.31. The fraction of sp³-hybridized carbons (Fsp3) is 0.211. The van der Waals surface area contributed by atoms with Gasteiger partial charge in [-0.1, -0.05) is 35.5 Å². The van der Waals surface area contributed by atoms with Crippen molar-refractivity contribution in [2.45, 2.75) is 12.8 Å². The van der Waals surface area contributed by atoms with Crippen LogP contribution in [0.4, 0.5) is 11.4 Å². The number of rotatable bonds is 3. The number of carbonyl (C=O) groups excluding carboxylic acids is 1. The Morgan fingerprint density at radius 3 is 2.50 bits per heavy atom. The van der Waals surface area contributed by atoms with Crippen molar-refractivity contribution in [2.75, 3.05) is 17.2 Å². The van der Waals surface area contributed by atoms with Crippen molar-refractivity contribution in [1.82, 2.24) is 5.43 Å². The fourth-order valence-electron chi connectivity index (χ4n) is 2.91. The number of hydrazone groups is 1. The maximum atomic E-state index is 11.8. The van der Waals surface area contributed by atoms with Crippen LogP contribution in [-0.4, -0.2) is 29.1 Å². The molecule has 2 aliphatic heterocycles. The van der Waals surface area contributed by atoms with Crippen LogP contribution in [0, 0.1) is 0 Å². The minimum absolute atomic E-state index is 0.202. The summed E-state index contributed by atoms with van der Waals surface area (Å²) in [7, 11) is 0. The van der Waals surface area contributed by atoms with E-state index in [9.17, 15) is 4.79 Å². The van der Waals surface area contributed by atoms with Crippen molar-refractivity contribution in [3.05, 3.63) is 59.1 Å². The molecular weight excluding hydrogens is 368 g/mol. The van der Waals surface area contributed by atoms with Crippen LogP contribution < -0.4 is 10.3 Å². The molecule has 1 saturated heterocycles. The summed E-state index contributed by atoms with van der Waals surface area (Å²) in [6, 6.07) is 15.4. The first-order valence-corrected chi connectivity index (χ1v) is 9.76. The van der Waals surface area contributed by atoms with Gasteiger partial charge in [0.25, 0.3) is 0 Å². The Bertz CT molecular complexity index is 877. The fourth-order valence-corrected chi connectivity index (χ4v) is 3.82. The van der Waals surface area contributed by atoms with E-state index < -0.39 is 0 Å². The average Bonchev–Trinajstić information content (AvgIpc) is 3.10. The number of halogens is 1. The number of hydrogen-bond acceptors (Lipinski definition) is 4. The van der Waals surface area contributed by atoms with Crippen LogP contribution in [0.2, 0.25) is 5.02 Å². The molecule has 2 aromatic carbocycles. The highest BCUT2D eigenvalue weighted by Crippen LogP contribution is 2.24. The molecule has 0 spiro atoms. The Labute approximate surface area is 161 Å². The average molecular weight is 385 g/mol. The molecular formula is C19H17ClN4OS. The minimum atomic E-state index is 0.202. The summed E-state index contributed by atoms with van der Waals surface area (Å²) in [6.45, 7) is 0.807. The number of nitrogens with zero attached hydrogens (tertiary/aromatic N) is 3. The molecule has 1 amide bonds. The minimum Gasteiger partial charge on any atom is -0.312 e. The smallest absolute Gasteiger partial charge is 0.227 e. The SMILES string of the molecule is O=C1CCCN1c1ccc(C2=NNC(=Nc3ccc(Cl)cc3)SC2)cc1. The topological polar surface area (TPSA) is 57.1 Å². The van der Waals surface area contributed by atoms with E-state index in [0.717, 1.165) is 46.5 Å². The molecule has 132 valence electrons. The van der Waals surface area contributed by atoms with Crippen molar-refractivity contribution < 1.29 is 4.79 Å². The van der Waals surface area contributed by atoms with Gasteiger partial charge < -0.3 is 4.90 Å². The predicted molar refractivity (Wildman–Crippen MR) is 109 cm³/mol. The Balaban J connectivity index is 1.45. The third-order valence-corrected chi connectivity index (χ3v) is 5.40. The third-order valence-electron chi connectivity index (χ3n) is 4.27. The molecule has 0 bridgehead atoms. The maximum Gasteiger partial charge on any atom is 0.227 e. The van der Waals surface area contributed by atoms with Gasteiger partial charge in [-0.3, -0.25) is 10.2 Å². The molecule has 0 atom stereocenters. The summed E-state index contributed by atoms with van der Waals surface area (Å²) in [6.07, 6.45) is 1.58. The summed E-state index contributed by atoms with van der Waals surface area (Å²) in [5.74, 6) is 0.939. The molecule has 0 unspecified atom stereocenters. The molecule has 0 saturated carbocycles. The molecule has 2 heterocycles. The van der Waals surface area contributed by atoms with Gasteiger partial charge in [0.1, 0.15) is 0 Å². The van der Waals surface area contributed by atoms with Crippen LogP contribution in [0.5, 0.6) is 0 Å².